The maximum atomic E-state index is 14.0. The van der Waals surface area contributed by atoms with Crippen LogP contribution in [0.4, 0.5) is 5.82 Å². The standard InChI is InChI=1S/C25H32N6O3S/c1-16-15-34-12-11-31(16)21-13-20(25(9-10-25)35(5,33)30-23(32)24(2,3)4)27-22(28-21)17-7-6-8-19-18(17)14-26-29-19/h6-8,13-14,16H,9-12,15H2,1-5H3,(H,26,29)/t16-,35?/m1/s1. The molecule has 0 spiro atoms. The van der Waals surface area contributed by atoms with E-state index in [1.54, 1.807) is 33.2 Å². The highest BCUT2D eigenvalue weighted by Gasteiger charge is 2.54. The van der Waals surface area contributed by atoms with E-state index in [0.717, 1.165) is 22.3 Å². The van der Waals surface area contributed by atoms with Gasteiger partial charge in [0.2, 0.25) is 0 Å². The van der Waals surface area contributed by atoms with Crippen LogP contribution >= 0.6 is 0 Å². The van der Waals surface area contributed by atoms with Gasteiger partial charge in [0, 0.05) is 35.2 Å². The van der Waals surface area contributed by atoms with Crippen molar-refractivity contribution in [3.05, 3.63) is 36.2 Å². The highest BCUT2D eigenvalue weighted by molar-refractivity contribution is 7.94. The molecule has 35 heavy (non-hydrogen) atoms. The maximum Gasteiger partial charge on any atom is 0.259 e. The molecule has 1 aromatic carbocycles. The molecule has 3 aromatic rings. The Balaban J connectivity index is 1.69. The van der Waals surface area contributed by atoms with E-state index >= 15 is 0 Å². The predicted octanol–water partition coefficient (Wildman–Crippen LogP) is 3.90. The first kappa shape index (κ1) is 23.9. The number of morpholine rings is 1. The predicted molar refractivity (Wildman–Crippen MR) is 137 cm³/mol. The summed E-state index contributed by atoms with van der Waals surface area (Å²) in [5.74, 6) is 0.965. The first-order valence-corrected chi connectivity index (χ1v) is 13.9. The number of ether oxygens (including phenoxy) is 1. The van der Waals surface area contributed by atoms with Gasteiger partial charge in [-0.2, -0.15) is 9.46 Å². The van der Waals surface area contributed by atoms with E-state index in [1.807, 2.05) is 24.3 Å². The minimum atomic E-state index is -2.90. The molecule has 10 heteroatoms. The first-order valence-electron chi connectivity index (χ1n) is 11.9. The van der Waals surface area contributed by atoms with Gasteiger partial charge in [-0.25, -0.2) is 14.2 Å². The molecular weight excluding hydrogens is 464 g/mol. The van der Waals surface area contributed by atoms with Crippen molar-refractivity contribution in [2.45, 2.75) is 51.3 Å². The van der Waals surface area contributed by atoms with Crippen LogP contribution in [0.5, 0.6) is 0 Å². The van der Waals surface area contributed by atoms with Gasteiger partial charge in [-0.3, -0.25) is 9.89 Å². The Morgan fingerprint density at radius 1 is 1.29 bits per heavy atom. The van der Waals surface area contributed by atoms with Gasteiger partial charge in [-0.05, 0) is 25.8 Å². The van der Waals surface area contributed by atoms with Crippen molar-refractivity contribution in [1.82, 2.24) is 20.2 Å². The summed E-state index contributed by atoms with van der Waals surface area (Å²) in [4.78, 5) is 24.9. The van der Waals surface area contributed by atoms with Crippen LogP contribution in [0.3, 0.4) is 0 Å². The number of aromatic nitrogens is 4. The number of nitrogens with zero attached hydrogens (tertiary/aromatic N) is 5. The lowest BCUT2D eigenvalue weighted by atomic mass is 9.96. The SMILES string of the molecule is C[C@@H]1COCCN1c1cc(C2(S(C)(=O)=NC(=O)C(C)(C)C)CC2)nc(-c2cccc3[nH]ncc23)n1. The zero-order chi connectivity index (χ0) is 25.0. The topological polar surface area (TPSA) is 113 Å². The van der Waals surface area contributed by atoms with Crippen molar-refractivity contribution in [3.8, 4) is 11.4 Å². The highest BCUT2D eigenvalue weighted by atomic mass is 32.2. The first-order chi connectivity index (χ1) is 16.5. The summed E-state index contributed by atoms with van der Waals surface area (Å²) in [6.45, 7) is 9.40. The number of hydrogen-bond donors (Lipinski definition) is 1. The van der Waals surface area contributed by atoms with Crippen LogP contribution in [-0.4, -0.2) is 62.3 Å². The number of anilines is 1. The molecule has 0 bridgehead atoms. The van der Waals surface area contributed by atoms with Gasteiger partial charge < -0.3 is 9.64 Å². The van der Waals surface area contributed by atoms with Gasteiger partial charge in [-0.15, -0.1) is 0 Å². The third-order valence-electron chi connectivity index (χ3n) is 6.89. The Kier molecular flexibility index (Phi) is 5.71. The number of fused-ring (bicyclic) bond motifs is 1. The second-order valence-corrected chi connectivity index (χ2v) is 13.2. The number of aromatic amines is 1. The Morgan fingerprint density at radius 3 is 2.74 bits per heavy atom. The molecule has 186 valence electrons. The Morgan fingerprint density at radius 2 is 2.06 bits per heavy atom. The number of nitrogens with one attached hydrogen (secondary N) is 1. The quantitative estimate of drug-likeness (QED) is 0.583. The summed E-state index contributed by atoms with van der Waals surface area (Å²) in [7, 11) is -2.90. The van der Waals surface area contributed by atoms with Crippen LogP contribution in [0.1, 0.15) is 46.2 Å². The largest absolute Gasteiger partial charge is 0.377 e. The van der Waals surface area contributed by atoms with Crippen LogP contribution in [0, 0.1) is 5.41 Å². The zero-order valence-corrected chi connectivity index (χ0v) is 21.7. The molecule has 2 aliphatic rings. The highest BCUT2D eigenvalue weighted by Crippen LogP contribution is 2.53. The average Bonchev–Trinajstić information content (AvgIpc) is 3.50. The molecular formula is C25H32N6O3S. The molecule has 1 unspecified atom stereocenters. The summed E-state index contributed by atoms with van der Waals surface area (Å²) in [6, 6.07) is 7.94. The van der Waals surface area contributed by atoms with E-state index < -0.39 is 19.9 Å². The van der Waals surface area contributed by atoms with Crippen LogP contribution in [-0.2, 0) is 24.0 Å². The summed E-state index contributed by atoms with van der Waals surface area (Å²) >= 11 is 0. The molecule has 1 saturated carbocycles. The molecule has 2 atom stereocenters. The molecule has 1 N–H and O–H groups in total. The number of carbonyl (C=O) groups excluding carboxylic acids is 1. The van der Waals surface area contributed by atoms with E-state index in [9.17, 15) is 9.00 Å². The van der Waals surface area contributed by atoms with Gasteiger partial charge in [0.25, 0.3) is 5.91 Å². The number of carbonyl (C=O) groups is 1. The summed E-state index contributed by atoms with van der Waals surface area (Å²) in [5, 5.41) is 8.10. The molecule has 9 nitrogen and oxygen atoms in total. The Bertz CT molecular complexity index is 1410. The molecule has 1 amide bonds. The Hall–Kier alpha value is -2.85. The van der Waals surface area contributed by atoms with Crippen LogP contribution in [0.15, 0.2) is 34.8 Å². The minimum absolute atomic E-state index is 0.136. The summed E-state index contributed by atoms with van der Waals surface area (Å²) in [6.07, 6.45) is 4.69. The molecule has 2 fully saturated rings. The molecule has 1 saturated heterocycles. The fourth-order valence-corrected chi connectivity index (χ4v) is 6.61. The van der Waals surface area contributed by atoms with Crippen molar-refractivity contribution in [3.63, 3.8) is 0 Å². The normalized spacial score (nSPS) is 21.5. The second kappa shape index (κ2) is 8.37. The van der Waals surface area contributed by atoms with E-state index in [-0.39, 0.29) is 11.9 Å². The second-order valence-electron chi connectivity index (χ2n) is 10.6. The smallest absolute Gasteiger partial charge is 0.259 e. The molecule has 2 aromatic heterocycles. The molecule has 0 radical (unpaired) electrons. The van der Waals surface area contributed by atoms with Gasteiger partial charge in [0.1, 0.15) is 5.82 Å². The van der Waals surface area contributed by atoms with E-state index in [0.29, 0.717) is 44.1 Å². The van der Waals surface area contributed by atoms with E-state index in [2.05, 4.69) is 26.4 Å². The molecule has 1 aliphatic heterocycles. The number of amides is 1. The lowest BCUT2D eigenvalue weighted by molar-refractivity contribution is -0.124. The minimum Gasteiger partial charge on any atom is -0.377 e. The van der Waals surface area contributed by atoms with Gasteiger partial charge >= 0.3 is 0 Å². The summed E-state index contributed by atoms with van der Waals surface area (Å²) < 4.78 is 23.1. The number of H-pyrrole nitrogens is 1. The van der Waals surface area contributed by atoms with Gasteiger partial charge in [0.05, 0.1) is 51.1 Å². The van der Waals surface area contributed by atoms with Gasteiger partial charge in [-0.1, -0.05) is 32.9 Å². The third-order valence-corrected chi connectivity index (χ3v) is 9.48. The van der Waals surface area contributed by atoms with Crippen molar-refractivity contribution in [2.75, 3.05) is 30.9 Å². The zero-order valence-electron chi connectivity index (χ0n) is 20.9. The number of rotatable bonds is 4. The van der Waals surface area contributed by atoms with E-state index in [1.165, 1.54) is 0 Å². The number of benzene rings is 1. The monoisotopic (exact) mass is 496 g/mol. The molecule has 1 aliphatic carbocycles. The summed E-state index contributed by atoms with van der Waals surface area (Å²) in [5.41, 5.74) is 1.72. The van der Waals surface area contributed by atoms with E-state index in [4.69, 9.17) is 14.7 Å². The third kappa shape index (κ3) is 4.23. The average molecular weight is 497 g/mol. The van der Waals surface area contributed by atoms with Gasteiger partial charge in [0.15, 0.2) is 5.82 Å². The van der Waals surface area contributed by atoms with Crippen LogP contribution < -0.4 is 4.90 Å². The fraction of sp³-hybridized carbons (Fsp3) is 0.520. The van der Waals surface area contributed by atoms with Crippen molar-refractivity contribution < 1.29 is 13.7 Å². The lowest BCUT2D eigenvalue weighted by Crippen LogP contribution is -2.44. The van der Waals surface area contributed by atoms with Crippen LogP contribution in [0.2, 0.25) is 0 Å². The molecule has 5 rings (SSSR count). The maximum absolute atomic E-state index is 14.0. The number of hydrogen-bond acceptors (Lipinski definition) is 7. The van der Waals surface area contributed by atoms with Crippen molar-refractivity contribution in [2.24, 2.45) is 9.78 Å². The van der Waals surface area contributed by atoms with Crippen molar-refractivity contribution >= 4 is 32.4 Å². The van der Waals surface area contributed by atoms with Crippen molar-refractivity contribution in [1.29, 1.82) is 0 Å². The lowest BCUT2D eigenvalue weighted by Gasteiger charge is -2.35. The molecule has 3 heterocycles. The van der Waals surface area contributed by atoms with Crippen LogP contribution in [0.25, 0.3) is 22.3 Å². The Labute approximate surface area is 205 Å². The fourth-order valence-electron chi connectivity index (χ4n) is 4.49.